The average Bonchev–Trinajstić information content (AvgIpc) is 3.60. The highest BCUT2D eigenvalue weighted by Crippen LogP contribution is 2.59. The number of piperazine rings is 1. The molecule has 2 bridgehead atoms. The molecule has 324 valence electrons. The molecule has 0 unspecified atom stereocenters. The Balaban J connectivity index is 0.863. The van der Waals surface area contributed by atoms with E-state index in [2.05, 4.69) is 14.8 Å². The summed E-state index contributed by atoms with van der Waals surface area (Å²) in [5.74, 6) is -1.78. The van der Waals surface area contributed by atoms with E-state index in [4.69, 9.17) is 22.1 Å². The second-order valence-electron chi connectivity index (χ2n) is 19.0. The standard InChI is InChI=1S/C46H50ClFN8O6/c1-45(2)43(46(3,4)44(45)62-30-9-5-26(20-49)33(47)17-30)56-38(57)12-10-35(42(56)61)55-40(59)31-18-34(48)36(19-32(31)41(55)60)53-23-28-7-8-29(24-53)54(28)22-25-13-15-52(16-14-25)37-11-6-27(21-51-37)39(50)58/h5-6,9,11,17-19,21,25,28-29,35,43-44H,7-8,10,12-16,22-24H2,1-4H3,(H2,50,58)/t28-,29-,35-,43?,44?/m1/s1. The number of rotatable bonds is 9. The van der Waals surface area contributed by atoms with Crippen LogP contribution < -0.4 is 20.3 Å². The van der Waals surface area contributed by atoms with Gasteiger partial charge in [0, 0.05) is 74.3 Å². The zero-order valence-electron chi connectivity index (χ0n) is 35.3. The third-order valence-electron chi connectivity index (χ3n) is 14.5. The number of anilines is 2. The van der Waals surface area contributed by atoms with Gasteiger partial charge >= 0.3 is 0 Å². The quantitative estimate of drug-likeness (QED) is 0.273. The summed E-state index contributed by atoms with van der Waals surface area (Å²) >= 11 is 6.28. The fourth-order valence-electron chi connectivity index (χ4n) is 11.8. The monoisotopic (exact) mass is 864 g/mol. The maximum absolute atomic E-state index is 16.1. The van der Waals surface area contributed by atoms with E-state index in [0.29, 0.717) is 35.9 Å². The molecule has 16 heteroatoms. The van der Waals surface area contributed by atoms with E-state index in [1.165, 1.54) is 17.2 Å². The van der Waals surface area contributed by atoms with Crippen molar-refractivity contribution in [3.8, 4) is 11.8 Å². The normalized spacial score (nSPS) is 27.0. The van der Waals surface area contributed by atoms with Crippen molar-refractivity contribution in [2.24, 2.45) is 22.5 Å². The summed E-state index contributed by atoms with van der Waals surface area (Å²) in [6.07, 6.45) is 4.93. The Bertz CT molecular complexity index is 2400. The smallest absolute Gasteiger partial charge is 0.262 e. The number of piperidine rings is 2. The third kappa shape index (κ3) is 6.77. The number of pyridine rings is 1. The Kier molecular flexibility index (Phi) is 10.3. The average molecular weight is 865 g/mol. The molecule has 1 aromatic heterocycles. The molecule has 3 atom stereocenters. The number of fused-ring (bicyclic) bond motifs is 3. The Morgan fingerprint density at radius 1 is 0.903 bits per heavy atom. The molecule has 5 aliphatic heterocycles. The number of carbonyl (C=O) groups excluding carboxylic acids is 5. The van der Waals surface area contributed by atoms with Crippen molar-refractivity contribution < 1.29 is 33.1 Å². The number of halogens is 2. The fraction of sp³-hybridized carbons (Fsp3) is 0.500. The van der Waals surface area contributed by atoms with Crippen LogP contribution in [0.2, 0.25) is 5.02 Å². The zero-order valence-corrected chi connectivity index (χ0v) is 36.0. The van der Waals surface area contributed by atoms with Crippen LogP contribution in [0, 0.1) is 33.9 Å². The number of amides is 5. The summed E-state index contributed by atoms with van der Waals surface area (Å²) in [4.78, 5) is 81.2. The van der Waals surface area contributed by atoms with E-state index in [9.17, 15) is 29.2 Å². The van der Waals surface area contributed by atoms with Gasteiger partial charge < -0.3 is 20.3 Å². The number of carbonyl (C=O) groups is 5. The van der Waals surface area contributed by atoms with E-state index < -0.39 is 64.4 Å². The largest absolute Gasteiger partial charge is 0.489 e. The second-order valence-corrected chi connectivity index (χ2v) is 19.4. The number of imide groups is 2. The fourth-order valence-corrected chi connectivity index (χ4v) is 12.0. The summed E-state index contributed by atoms with van der Waals surface area (Å²) in [5.41, 5.74) is 4.81. The molecule has 3 aromatic rings. The summed E-state index contributed by atoms with van der Waals surface area (Å²) in [6.45, 7) is 11.4. The van der Waals surface area contributed by atoms with E-state index in [1.54, 1.807) is 24.3 Å². The van der Waals surface area contributed by atoms with Gasteiger partial charge in [0.05, 0.1) is 39.0 Å². The number of nitriles is 1. The number of hydrogen-bond donors (Lipinski definition) is 1. The highest BCUT2D eigenvalue weighted by molar-refractivity contribution is 6.31. The van der Waals surface area contributed by atoms with Gasteiger partial charge in [-0.2, -0.15) is 5.26 Å². The Hall–Kier alpha value is -5.59. The van der Waals surface area contributed by atoms with E-state index in [-0.39, 0.29) is 46.8 Å². The molecule has 2 aromatic carbocycles. The van der Waals surface area contributed by atoms with Crippen LogP contribution in [0.15, 0.2) is 48.7 Å². The van der Waals surface area contributed by atoms with Crippen molar-refractivity contribution >= 4 is 52.6 Å². The van der Waals surface area contributed by atoms with Gasteiger partial charge in [0.1, 0.15) is 35.6 Å². The number of hydrogen-bond acceptors (Lipinski definition) is 11. The number of primary amides is 1. The molecule has 6 heterocycles. The highest BCUT2D eigenvalue weighted by atomic mass is 35.5. The molecule has 0 spiro atoms. The first-order chi connectivity index (χ1) is 29.5. The molecule has 62 heavy (non-hydrogen) atoms. The lowest BCUT2D eigenvalue weighted by Gasteiger charge is -2.65. The summed E-state index contributed by atoms with van der Waals surface area (Å²) < 4.78 is 22.5. The van der Waals surface area contributed by atoms with Crippen molar-refractivity contribution in [2.45, 2.75) is 96.5 Å². The molecule has 6 aliphatic rings. The van der Waals surface area contributed by atoms with Crippen LogP contribution in [-0.4, -0.2) is 112 Å². The van der Waals surface area contributed by atoms with Crippen LogP contribution >= 0.6 is 11.6 Å². The van der Waals surface area contributed by atoms with E-state index in [1.807, 2.05) is 44.7 Å². The number of nitrogens with two attached hydrogens (primary N) is 1. The number of likely N-dealkylation sites (tertiary alicyclic amines) is 1. The molecule has 5 fully saturated rings. The van der Waals surface area contributed by atoms with Crippen LogP contribution in [0.1, 0.15) is 103 Å². The van der Waals surface area contributed by atoms with Crippen LogP contribution in [0.3, 0.4) is 0 Å². The van der Waals surface area contributed by atoms with E-state index >= 15 is 4.39 Å². The van der Waals surface area contributed by atoms with Gasteiger partial charge in [-0.25, -0.2) is 9.37 Å². The second kappa shape index (κ2) is 15.3. The van der Waals surface area contributed by atoms with Crippen molar-refractivity contribution in [3.05, 3.63) is 81.8 Å². The molecular weight excluding hydrogens is 815 g/mol. The minimum absolute atomic E-state index is 0.0303. The van der Waals surface area contributed by atoms with Crippen LogP contribution in [0.4, 0.5) is 15.9 Å². The molecule has 4 saturated heterocycles. The van der Waals surface area contributed by atoms with Gasteiger partial charge in [0.25, 0.3) is 17.7 Å². The van der Waals surface area contributed by atoms with Crippen LogP contribution in [0.25, 0.3) is 0 Å². The number of nitrogens with zero attached hydrogens (tertiary/aromatic N) is 7. The molecule has 1 aliphatic carbocycles. The lowest BCUT2D eigenvalue weighted by molar-refractivity contribution is -0.216. The summed E-state index contributed by atoms with van der Waals surface area (Å²) in [6, 6.07) is 11.5. The number of benzene rings is 2. The molecule has 2 N–H and O–H groups in total. The molecular formula is C46H50ClFN8O6. The van der Waals surface area contributed by atoms with Gasteiger partial charge in [-0.3, -0.25) is 38.7 Å². The lowest BCUT2D eigenvalue weighted by atomic mass is 9.48. The maximum atomic E-state index is 16.1. The minimum Gasteiger partial charge on any atom is -0.489 e. The zero-order chi connectivity index (χ0) is 44.0. The third-order valence-corrected chi connectivity index (χ3v) is 14.8. The Morgan fingerprint density at radius 2 is 1.56 bits per heavy atom. The van der Waals surface area contributed by atoms with Crippen LogP contribution in [0.5, 0.6) is 5.75 Å². The number of aromatic nitrogens is 1. The first-order valence-electron chi connectivity index (χ1n) is 21.4. The first-order valence-corrected chi connectivity index (χ1v) is 21.8. The molecule has 9 rings (SSSR count). The molecule has 14 nitrogen and oxygen atoms in total. The topological polar surface area (TPSA) is 173 Å². The molecule has 0 radical (unpaired) electrons. The maximum Gasteiger partial charge on any atom is 0.262 e. The predicted octanol–water partition coefficient (Wildman–Crippen LogP) is 5.41. The van der Waals surface area contributed by atoms with Crippen molar-refractivity contribution in [1.29, 1.82) is 5.26 Å². The van der Waals surface area contributed by atoms with E-state index in [0.717, 1.165) is 62.1 Å². The Morgan fingerprint density at radius 3 is 2.16 bits per heavy atom. The van der Waals surface area contributed by atoms with Crippen molar-refractivity contribution in [3.63, 3.8) is 0 Å². The molecule has 5 amide bonds. The first kappa shape index (κ1) is 41.7. The van der Waals surface area contributed by atoms with Gasteiger partial charge in [-0.05, 0) is 74.4 Å². The Labute approximate surface area is 364 Å². The van der Waals surface area contributed by atoms with Gasteiger partial charge in [-0.15, -0.1) is 0 Å². The summed E-state index contributed by atoms with van der Waals surface area (Å²) in [7, 11) is 0. The SMILES string of the molecule is CC1(C)C(Oc2ccc(C#N)c(Cl)c2)C(C)(C)C1N1C(=O)CC[C@@H](N2C(=O)c3cc(F)c(N4C[C@H]5CC[C@H](C4)N5CC4CCN(c5ccc(C(N)=O)cn5)CC4)cc3C2=O)C1=O. The van der Waals surface area contributed by atoms with Crippen LogP contribution in [-0.2, 0) is 9.59 Å². The highest BCUT2D eigenvalue weighted by Gasteiger charge is 2.68. The lowest BCUT2D eigenvalue weighted by Crippen LogP contribution is -2.77. The number of ether oxygens (including phenoxy) is 1. The van der Waals surface area contributed by atoms with Gasteiger partial charge in [0.2, 0.25) is 11.8 Å². The molecule has 1 saturated carbocycles. The van der Waals surface area contributed by atoms with Gasteiger partial charge in [0.15, 0.2) is 0 Å². The van der Waals surface area contributed by atoms with Crippen molar-refractivity contribution in [2.75, 3.05) is 42.5 Å². The predicted molar refractivity (Wildman–Crippen MR) is 227 cm³/mol. The summed E-state index contributed by atoms with van der Waals surface area (Å²) in [5, 5.41) is 9.54. The minimum atomic E-state index is -1.24. The van der Waals surface area contributed by atoms with Crippen molar-refractivity contribution in [1.82, 2.24) is 19.7 Å². The van der Waals surface area contributed by atoms with Gasteiger partial charge in [-0.1, -0.05) is 39.3 Å².